The van der Waals surface area contributed by atoms with Gasteiger partial charge in [0.05, 0.1) is 0 Å². The third-order valence-electron chi connectivity index (χ3n) is 5.43. The standard InChI is InChI=1S/C19H30/c1-4-5-9-15(2)16(3)14-18-12-8-11-17-10-6-7-13-19(17)18/h4,6-7,10,13,15-19H,1,5,8-9,11-12,14H2,2-3H3/t15-,16?,17?,18?,19?/m1/s1. The molecular weight excluding hydrogens is 228 g/mol. The Bertz CT molecular complexity index is 336. The average Bonchev–Trinajstić information content (AvgIpc) is 2.45. The van der Waals surface area contributed by atoms with Gasteiger partial charge in [0.25, 0.3) is 0 Å². The van der Waals surface area contributed by atoms with Crippen molar-refractivity contribution in [2.45, 2.75) is 52.4 Å². The molecule has 0 aromatic rings. The minimum Gasteiger partial charge on any atom is -0.103 e. The summed E-state index contributed by atoms with van der Waals surface area (Å²) in [5.74, 6) is 4.26. The van der Waals surface area contributed by atoms with Crippen molar-refractivity contribution in [3.8, 4) is 0 Å². The van der Waals surface area contributed by atoms with Crippen LogP contribution in [0, 0.1) is 29.6 Å². The first kappa shape index (κ1) is 14.6. The number of rotatable bonds is 6. The normalized spacial score (nSPS) is 32.6. The van der Waals surface area contributed by atoms with Gasteiger partial charge in [-0.25, -0.2) is 0 Å². The molecule has 0 saturated heterocycles. The van der Waals surface area contributed by atoms with Gasteiger partial charge in [-0.2, -0.15) is 0 Å². The third-order valence-corrected chi connectivity index (χ3v) is 5.43. The van der Waals surface area contributed by atoms with Crippen LogP contribution < -0.4 is 0 Å². The van der Waals surface area contributed by atoms with Crippen LogP contribution in [0.4, 0.5) is 0 Å². The van der Waals surface area contributed by atoms with E-state index in [0.717, 1.165) is 29.6 Å². The second kappa shape index (κ2) is 7.12. The molecule has 19 heavy (non-hydrogen) atoms. The highest BCUT2D eigenvalue weighted by Crippen LogP contribution is 2.42. The summed E-state index contributed by atoms with van der Waals surface area (Å²) in [5, 5.41) is 0. The van der Waals surface area contributed by atoms with Crippen LogP contribution in [0.2, 0.25) is 0 Å². The Kier molecular flexibility index (Phi) is 5.48. The highest BCUT2D eigenvalue weighted by Gasteiger charge is 2.32. The summed E-state index contributed by atoms with van der Waals surface area (Å²) in [6.45, 7) is 8.72. The van der Waals surface area contributed by atoms with Gasteiger partial charge < -0.3 is 0 Å². The Morgan fingerprint density at radius 2 is 1.95 bits per heavy atom. The first-order valence-corrected chi connectivity index (χ1v) is 8.18. The van der Waals surface area contributed by atoms with Crippen LogP contribution in [0.3, 0.4) is 0 Å². The maximum atomic E-state index is 3.84. The van der Waals surface area contributed by atoms with Crippen LogP contribution in [0.15, 0.2) is 37.0 Å². The molecular formula is C19H30. The Balaban J connectivity index is 1.88. The third kappa shape index (κ3) is 3.84. The maximum absolute atomic E-state index is 3.84. The van der Waals surface area contributed by atoms with Crippen molar-refractivity contribution in [3.63, 3.8) is 0 Å². The minimum atomic E-state index is 0.827. The van der Waals surface area contributed by atoms with E-state index in [9.17, 15) is 0 Å². The fraction of sp³-hybridized carbons (Fsp3) is 0.684. The van der Waals surface area contributed by atoms with Crippen molar-refractivity contribution in [2.24, 2.45) is 29.6 Å². The van der Waals surface area contributed by atoms with Crippen LogP contribution in [0.5, 0.6) is 0 Å². The second-order valence-electron chi connectivity index (χ2n) is 6.76. The number of allylic oxidation sites excluding steroid dienone is 5. The van der Waals surface area contributed by atoms with Gasteiger partial charge in [0, 0.05) is 0 Å². The van der Waals surface area contributed by atoms with E-state index in [0.29, 0.717) is 0 Å². The van der Waals surface area contributed by atoms with E-state index in [1.807, 2.05) is 0 Å². The van der Waals surface area contributed by atoms with E-state index in [1.165, 1.54) is 38.5 Å². The first-order chi connectivity index (χ1) is 9.22. The zero-order valence-corrected chi connectivity index (χ0v) is 12.7. The van der Waals surface area contributed by atoms with E-state index in [-0.39, 0.29) is 0 Å². The number of fused-ring (bicyclic) bond motifs is 1. The maximum Gasteiger partial charge on any atom is -0.0139 e. The molecule has 5 atom stereocenters. The summed E-state index contributed by atoms with van der Waals surface area (Å²) in [4.78, 5) is 0. The first-order valence-electron chi connectivity index (χ1n) is 8.18. The van der Waals surface area contributed by atoms with Crippen LogP contribution in [0.25, 0.3) is 0 Å². The van der Waals surface area contributed by atoms with Crippen molar-refractivity contribution in [3.05, 3.63) is 37.0 Å². The molecule has 0 N–H and O–H groups in total. The lowest BCUT2D eigenvalue weighted by molar-refractivity contribution is 0.173. The molecule has 0 amide bonds. The van der Waals surface area contributed by atoms with Gasteiger partial charge in [-0.15, -0.1) is 6.58 Å². The largest absolute Gasteiger partial charge is 0.103 e. The quantitative estimate of drug-likeness (QED) is 0.530. The van der Waals surface area contributed by atoms with Crippen LogP contribution >= 0.6 is 0 Å². The van der Waals surface area contributed by atoms with Gasteiger partial charge in [0.15, 0.2) is 0 Å². The Hall–Kier alpha value is -0.780. The molecule has 0 aromatic carbocycles. The zero-order chi connectivity index (χ0) is 13.7. The van der Waals surface area contributed by atoms with Crippen molar-refractivity contribution < 1.29 is 0 Å². The summed E-state index contributed by atoms with van der Waals surface area (Å²) in [6, 6.07) is 0. The predicted octanol–water partition coefficient (Wildman–Crippen LogP) is 5.77. The van der Waals surface area contributed by atoms with Crippen LogP contribution in [-0.2, 0) is 0 Å². The number of hydrogen-bond acceptors (Lipinski definition) is 0. The molecule has 0 aromatic heterocycles. The second-order valence-corrected chi connectivity index (χ2v) is 6.76. The summed E-state index contributed by atoms with van der Waals surface area (Å²) in [6.07, 6.45) is 19.7. The molecule has 0 heteroatoms. The monoisotopic (exact) mass is 258 g/mol. The Morgan fingerprint density at radius 1 is 1.16 bits per heavy atom. The molecule has 4 unspecified atom stereocenters. The van der Waals surface area contributed by atoms with Gasteiger partial charge >= 0.3 is 0 Å². The topological polar surface area (TPSA) is 0 Å². The van der Waals surface area contributed by atoms with E-state index in [1.54, 1.807) is 0 Å². The molecule has 0 bridgehead atoms. The summed E-state index contributed by atoms with van der Waals surface area (Å²) in [7, 11) is 0. The molecule has 2 rings (SSSR count). The Labute approximate surface area is 119 Å². The van der Waals surface area contributed by atoms with Crippen LogP contribution in [0.1, 0.15) is 52.4 Å². The molecule has 106 valence electrons. The van der Waals surface area contributed by atoms with Gasteiger partial charge in [-0.1, -0.05) is 50.6 Å². The highest BCUT2D eigenvalue weighted by atomic mass is 14.4. The summed E-state index contributed by atoms with van der Waals surface area (Å²) in [5.41, 5.74) is 0. The lowest BCUT2D eigenvalue weighted by Gasteiger charge is -2.38. The van der Waals surface area contributed by atoms with Crippen molar-refractivity contribution in [2.75, 3.05) is 0 Å². The van der Waals surface area contributed by atoms with E-state index in [2.05, 4.69) is 50.8 Å². The zero-order valence-electron chi connectivity index (χ0n) is 12.7. The van der Waals surface area contributed by atoms with Gasteiger partial charge in [0.2, 0.25) is 0 Å². The fourth-order valence-corrected chi connectivity index (χ4v) is 3.92. The molecule has 0 nitrogen and oxygen atoms in total. The lowest BCUT2D eigenvalue weighted by atomic mass is 9.67. The molecule has 1 saturated carbocycles. The minimum absolute atomic E-state index is 0.827. The van der Waals surface area contributed by atoms with Crippen molar-refractivity contribution in [1.82, 2.24) is 0 Å². The summed E-state index contributed by atoms with van der Waals surface area (Å²) < 4.78 is 0. The molecule has 2 aliphatic rings. The smallest absolute Gasteiger partial charge is 0.0139 e. The van der Waals surface area contributed by atoms with E-state index in [4.69, 9.17) is 0 Å². The SMILES string of the molecule is C=CCC[C@@H](C)C(C)CC1CCCC2C=CC=CC21. The molecule has 0 radical (unpaired) electrons. The van der Waals surface area contributed by atoms with Crippen molar-refractivity contribution >= 4 is 0 Å². The van der Waals surface area contributed by atoms with Crippen molar-refractivity contribution in [1.29, 1.82) is 0 Å². The molecule has 0 aliphatic heterocycles. The Morgan fingerprint density at radius 3 is 2.74 bits per heavy atom. The molecule has 0 spiro atoms. The molecule has 1 fully saturated rings. The van der Waals surface area contributed by atoms with Gasteiger partial charge in [-0.3, -0.25) is 0 Å². The summed E-state index contributed by atoms with van der Waals surface area (Å²) >= 11 is 0. The predicted molar refractivity (Wildman–Crippen MR) is 85.0 cm³/mol. The average molecular weight is 258 g/mol. The lowest BCUT2D eigenvalue weighted by Crippen LogP contribution is -2.29. The van der Waals surface area contributed by atoms with E-state index < -0.39 is 0 Å². The number of hydrogen-bond donors (Lipinski definition) is 0. The van der Waals surface area contributed by atoms with E-state index >= 15 is 0 Å². The van der Waals surface area contributed by atoms with Gasteiger partial charge in [-0.05, 0) is 61.7 Å². The highest BCUT2D eigenvalue weighted by molar-refractivity contribution is 5.16. The fourth-order valence-electron chi connectivity index (χ4n) is 3.92. The van der Waals surface area contributed by atoms with Crippen LogP contribution in [-0.4, -0.2) is 0 Å². The molecule has 0 heterocycles. The van der Waals surface area contributed by atoms with Gasteiger partial charge in [0.1, 0.15) is 0 Å². The molecule has 2 aliphatic carbocycles.